The maximum Gasteiger partial charge on any atom is 0.354 e. The van der Waals surface area contributed by atoms with E-state index in [0.717, 1.165) is 11.1 Å². The van der Waals surface area contributed by atoms with E-state index in [1.807, 2.05) is 6.07 Å². The molecule has 0 saturated carbocycles. The Kier molecular flexibility index (Phi) is 2.64. The van der Waals surface area contributed by atoms with E-state index in [9.17, 15) is 9.59 Å². The molecule has 0 radical (unpaired) electrons. The first-order valence-corrected chi connectivity index (χ1v) is 5.67. The molecule has 1 aliphatic rings. The van der Waals surface area contributed by atoms with Gasteiger partial charge in [0.05, 0.1) is 19.5 Å². The van der Waals surface area contributed by atoms with E-state index in [4.69, 9.17) is 9.84 Å². The summed E-state index contributed by atoms with van der Waals surface area (Å²) in [6.07, 6.45) is 1.20. The highest BCUT2D eigenvalue weighted by Crippen LogP contribution is 2.22. The number of aromatic nitrogens is 2. The van der Waals surface area contributed by atoms with E-state index in [0.29, 0.717) is 18.8 Å². The van der Waals surface area contributed by atoms with Crippen molar-refractivity contribution in [3.05, 3.63) is 52.6 Å². The molecule has 1 aromatic heterocycles. The number of nitrogens with one attached hydrogen (secondary N) is 1. The molecule has 19 heavy (non-hydrogen) atoms. The Morgan fingerprint density at radius 2 is 2.05 bits per heavy atom. The van der Waals surface area contributed by atoms with Crippen molar-refractivity contribution in [1.29, 1.82) is 0 Å². The largest absolute Gasteiger partial charge is 0.477 e. The van der Waals surface area contributed by atoms with E-state index in [1.54, 1.807) is 12.1 Å². The Balaban J connectivity index is 2.00. The fourth-order valence-corrected chi connectivity index (χ4v) is 2.08. The summed E-state index contributed by atoms with van der Waals surface area (Å²) in [5, 5.41) is 8.96. The molecule has 96 valence electrons. The second-order valence-corrected chi connectivity index (χ2v) is 4.24. The molecule has 6 nitrogen and oxygen atoms in total. The van der Waals surface area contributed by atoms with Crippen molar-refractivity contribution in [2.45, 2.75) is 13.2 Å². The molecule has 1 aliphatic heterocycles. The number of rotatable bonds is 3. The van der Waals surface area contributed by atoms with Crippen molar-refractivity contribution in [1.82, 2.24) is 9.97 Å². The van der Waals surface area contributed by atoms with Crippen molar-refractivity contribution in [2.24, 2.45) is 0 Å². The molecule has 0 atom stereocenters. The number of H-pyrrole nitrogens is 1. The van der Waals surface area contributed by atoms with Gasteiger partial charge in [-0.3, -0.25) is 4.79 Å². The summed E-state index contributed by atoms with van der Waals surface area (Å²) in [5.74, 6) is -1.61. The first-order valence-electron chi connectivity index (χ1n) is 5.67. The number of aromatic amines is 1. The summed E-state index contributed by atoms with van der Waals surface area (Å²) >= 11 is 0. The van der Waals surface area contributed by atoms with Gasteiger partial charge in [0.15, 0.2) is 5.69 Å². The van der Waals surface area contributed by atoms with Gasteiger partial charge in [0.2, 0.25) is 5.78 Å². The Bertz CT molecular complexity index is 675. The number of aromatic carboxylic acids is 1. The van der Waals surface area contributed by atoms with Crippen LogP contribution in [0.25, 0.3) is 0 Å². The molecule has 0 fully saturated rings. The molecule has 2 aromatic rings. The molecule has 0 unspecified atom stereocenters. The van der Waals surface area contributed by atoms with Crippen LogP contribution >= 0.6 is 0 Å². The molecule has 0 bridgehead atoms. The number of hydrogen-bond acceptors (Lipinski definition) is 4. The number of hydrogen-bond donors (Lipinski definition) is 2. The van der Waals surface area contributed by atoms with Gasteiger partial charge in [0.25, 0.3) is 0 Å². The minimum Gasteiger partial charge on any atom is -0.477 e. The number of fused-ring (bicyclic) bond motifs is 1. The van der Waals surface area contributed by atoms with Gasteiger partial charge >= 0.3 is 5.97 Å². The molecule has 6 heteroatoms. The maximum absolute atomic E-state index is 12.2. The summed E-state index contributed by atoms with van der Waals surface area (Å²) < 4.78 is 5.28. The summed E-state index contributed by atoms with van der Waals surface area (Å²) in [6, 6.07) is 5.21. The molecule has 0 spiro atoms. The molecular formula is C13H10N2O4. The third-order valence-corrected chi connectivity index (χ3v) is 3.05. The molecule has 3 rings (SSSR count). The smallest absolute Gasteiger partial charge is 0.354 e. The van der Waals surface area contributed by atoms with Crippen LogP contribution in [-0.4, -0.2) is 26.8 Å². The summed E-state index contributed by atoms with van der Waals surface area (Å²) in [7, 11) is 0. The van der Waals surface area contributed by atoms with Gasteiger partial charge in [0.1, 0.15) is 5.69 Å². The van der Waals surface area contributed by atoms with E-state index in [2.05, 4.69) is 9.97 Å². The molecule has 0 aliphatic carbocycles. The molecule has 0 amide bonds. The van der Waals surface area contributed by atoms with Gasteiger partial charge in [-0.1, -0.05) is 12.1 Å². The number of imidazole rings is 1. The van der Waals surface area contributed by atoms with Crippen LogP contribution in [0.4, 0.5) is 0 Å². The van der Waals surface area contributed by atoms with Crippen LogP contribution in [0.2, 0.25) is 0 Å². The number of nitrogens with zero attached hydrogens (tertiary/aromatic N) is 1. The van der Waals surface area contributed by atoms with Crippen molar-refractivity contribution >= 4 is 11.8 Å². The second-order valence-electron chi connectivity index (χ2n) is 4.24. The van der Waals surface area contributed by atoms with Crippen LogP contribution in [0.15, 0.2) is 24.5 Å². The summed E-state index contributed by atoms with van der Waals surface area (Å²) in [6.45, 7) is 1.02. The fourth-order valence-electron chi connectivity index (χ4n) is 2.08. The predicted molar refractivity (Wildman–Crippen MR) is 63.9 cm³/mol. The summed E-state index contributed by atoms with van der Waals surface area (Å²) in [5.41, 5.74) is 2.15. The zero-order valence-corrected chi connectivity index (χ0v) is 9.84. The number of carbonyl (C=O) groups excluding carboxylic acids is 1. The maximum atomic E-state index is 12.2. The number of benzene rings is 1. The van der Waals surface area contributed by atoms with Crippen molar-refractivity contribution in [2.75, 3.05) is 0 Å². The van der Waals surface area contributed by atoms with Gasteiger partial charge in [-0.25, -0.2) is 9.78 Å². The average molecular weight is 258 g/mol. The molecule has 2 heterocycles. The third-order valence-electron chi connectivity index (χ3n) is 3.05. The minimum absolute atomic E-state index is 0.0774. The lowest BCUT2D eigenvalue weighted by atomic mass is 10.0. The van der Waals surface area contributed by atoms with Gasteiger partial charge in [0, 0.05) is 5.56 Å². The van der Waals surface area contributed by atoms with E-state index in [1.165, 1.54) is 6.33 Å². The Morgan fingerprint density at radius 1 is 1.26 bits per heavy atom. The van der Waals surface area contributed by atoms with Gasteiger partial charge in [-0.15, -0.1) is 0 Å². The van der Waals surface area contributed by atoms with Crippen LogP contribution in [0.1, 0.15) is 37.7 Å². The van der Waals surface area contributed by atoms with Crippen LogP contribution in [0.5, 0.6) is 0 Å². The lowest BCUT2D eigenvalue weighted by molar-refractivity contribution is 0.0687. The van der Waals surface area contributed by atoms with E-state index >= 15 is 0 Å². The van der Waals surface area contributed by atoms with Crippen LogP contribution in [0.3, 0.4) is 0 Å². The minimum atomic E-state index is -1.20. The number of carboxylic acids is 1. The number of ether oxygens (including phenoxy) is 1. The Hall–Kier alpha value is -2.47. The standard InChI is InChI=1S/C13H10N2O4/c16-12(10-11(13(17)18)15-6-14-10)7-1-2-8-4-19-5-9(8)3-7/h1-3,6H,4-5H2,(H,14,15)(H,17,18). The van der Waals surface area contributed by atoms with Crippen LogP contribution < -0.4 is 0 Å². The quantitative estimate of drug-likeness (QED) is 0.811. The van der Waals surface area contributed by atoms with Gasteiger partial charge < -0.3 is 14.8 Å². The highest BCUT2D eigenvalue weighted by atomic mass is 16.5. The predicted octanol–water partition coefficient (Wildman–Crippen LogP) is 1.37. The van der Waals surface area contributed by atoms with Crippen LogP contribution in [0, 0.1) is 0 Å². The SMILES string of the molecule is O=C(c1ccc2c(c1)COC2)c1nc[nH]c1C(=O)O. The van der Waals surface area contributed by atoms with E-state index < -0.39 is 11.8 Å². The number of carboxylic acid groups (broad SMARTS) is 1. The third kappa shape index (κ3) is 1.92. The highest BCUT2D eigenvalue weighted by Gasteiger charge is 2.22. The Labute approximate surface area is 108 Å². The Morgan fingerprint density at radius 3 is 2.84 bits per heavy atom. The van der Waals surface area contributed by atoms with Crippen LogP contribution in [-0.2, 0) is 18.0 Å². The summed E-state index contributed by atoms with van der Waals surface area (Å²) in [4.78, 5) is 29.5. The molecular weight excluding hydrogens is 248 g/mol. The van der Waals surface area contributed by atoms with Gasteiger partial charge in [-0.05, 0) is 17.2 Å². The molecule has 2 N–H and O–H groups in total. The topological polar surface area (TPSA) is 92.3 Å². The van der Waals surface area contributed by atoms with Crippen molar-refractivity contribution in [3.63, 3.8) is 0 Å². The lowest BCUT2D eigenvalue weighted by Crippen LogP contribution is -2.10. The molecule has 0 saturated heterocycles. The van der Waals surface area contributed by atoms with Crippen molar-refractivity contribution < 1.29 is 19.4 Å². The van der Waals surface area contributed by atoms with Gasteiger partial charge in [-0.2, -0.15) is 0 Å². The first kappa shape index (κ1) is 11.6. The highest BCUT2D eigenvalue weighted by molar-refractivity contribution is 6.12. The zero-order valence-electron chi connectivity index (χ0n) is 9.84. The zero-order chi connectivity index (χ0) is 13.4. The average Bonchev–Trinajstić information content (AvgIpc) is 3.05. The monoisotopic (exact) mass is 258 g/mol. The van der Waals surface area contributed by atoms with Crippen molar-refractivity contribution in [3.8, 4) is 0 Å². The van der Waals surface area contributed by atoms with E-state index in [-0.39, 0.29) is 11.4 Å². The lowest BCUT2D eigenvalue weighted by Gasteiger charge is -2.02. The number of carbonyl (C=O) groups is 2. The normalized spacial score (nSPS) is 13.3. The first-order chi connectivity index (χ1) is 9.16. The second kappa shape index (κ2) is 4.33. The fraction of sp³-hybridized carbons (Fsp3) is 0.154. The molecule has 1 aromatic carbocycles. The number of ketones is 1.